The lowest BCUT2D eigenvalue weighted by molar-refractivity contribution is -0.118. The number of thioether (sulfide) groups is 1. The molecule has 2 atom stereocenters. The van der Waals surface area contributed by atoms with Gasteiger partial charge in [0.2, 0.25) is 5.91 Å². The van der Waals surface area contributed by atoms with E-state index in [4.69, 9.17) is 0 Å². The van der Waals surface area contributed by atoms with Gasteiger partial charge in [-0.25, -0.2) is 0 Å². The predicted octanol–water partition coefficient (Wildman–Crippen LogP) is 2.82. The maximum absolute atomic E-state index is 11.7. The highest BCUT2D eigenvalue weighted by molar-refractivity contribution is 9.10. The zero-order valence-corrected chi connectivity index (χ0v) is 13.0. The molecular weight excluding hydrogens is 326 g/mol. The Labute approximate surface area is 126 Å². The second kappa shape index (κ2) is 7.31. The van der Waals surface area contributed by atoms with Gasteiger partial charge in [-0.1, -0.05) is 22.4 Å². The molecule has 1 fully saturated rings. The van der Waals surface area contributed by atoms with Crippen molar-refractivity contribution < 1.29 is 9.90 Å². The first-order chi connectivity index (χ1) is 9.15. The number of hydrogen-bond donors (Lipinski definition) is 2. The fraction of sp³-hybridized carbons (Fsp3) is 0.500. The first-order valence-electron chi connectivity index (χ1n) is 6.48. The van der Waals surface area contributed by atoms with Crippen LogP contribution in [-0.2, 0) is 4.79 Å². The highest BCUT2D eigenvalue weighted by Gasteiger charge is 2.25. The third-order valence-electron chi connectivity index (χ3n) is 3.36. The van der Waals surface area contributed by atoms with E-state index in [1.807, 2.05) is 24.3 Å². The molecule has 2 unspecified atom stereocenters. The number of aliphatic hydroxyl groups excluding tert-OH is 1. The highest BCUT2D eigenvalue weighted by Crippen LogP contribution is 2.25. The Hall–Kier alpha value is -0.520. The molecule has 5 heteroatoms. The zero-order chi connectivity index (χ0) is 13.7. The molecule has 0 bridgehead atoms. The van der Waals surface area contributed by atoms with Gasteiger partial charge in [-0.05, 0) is 37.1 Å². The summed E-state index contributed by atoms with van der Waals surface area (Å²) in [5, 5.41) is 12.6. The molecule has 19 heavy (non-hydrogen) atoms. The van der Waals surface area contributed by atoms with E-state index in [2.05, 4.69) is 21.2 Å². The smallest absolute Gasteiger partial charge is 0.230 e. The van der Waals surface area contributed by atoms with Crippen LogP contribution < -0.4 is 5.32 Å². The standard InChI is InChI=1S/C14H18BrNO2S/c15-11-4-6-12(7-5-11)19-9-14(18)16-8-10-2-1-3-13(10)17/h4-7,10,13,17H,1-3,8-9H2,(H,16,18). The molecule has 1 aliphatic carbocycles. The van der Waals surface area contributed by atoms with Crippen LogP contribution in [0.2, 0.25) is 0 Å². The van der Waals surface area contributed by atoms with Crippen LogP contribution >= 0.6 is 27.7 Å². The SMILES string of the molecule is O=C(CSc1ccc(Br)cc1)NCC1CCCC1O. The van der Waals surface area contributed by atoms with Crippen LogP contribution in [0.25, 0.3) is 0 Å². The number of aliphatic hydroxyl groups is 1. The lowest BCUT2D eigenvalue weighted by Crippen LogP contribution is -2.33. The van der Waals surface area contributed by atoms with Crippen LogP contribution in [-0.4, -0.2) is 29.4 Å². The molecule has 2 rings (SSSR count). The van der Waals surface area contributed by atoms with E-state index < -0.39 is 0 Å². The maximum Gasteiger partial charge on any atom is 0.230 e. The third kappa shape index (κ3) is 4.82. The van der Waals surface area contributed by atoms with Crippen LogP contribution in [0.3, 0.4) is 0 Å². The predicted molar refractivity (Wildman–Crippen MR) is 81.2 cm³/mol. The number of nitrogens with one attached hydrogen (secondary N) is 1. The number of benzene rings is 1. The molecule has 0 saturated heterocycles. The fourth-order valence-electron chi connectivity index (χ4n) is 2.23. The van der Waals surface area contributed by atoms with Crippen molar-refractivity contribution in [2.24, 2.45) is 5.92 Å². The lowest BCUT2D eigenvalue weighted by atomic mass is 10.1. The van der Waals surface area contributed by atoms with Crippen LogP contribution in [0, 0.1) is 5.92 Å². The van der Waals surface area contributed by atoms with E-state index in [1.165, 1.54) is 11.8 Å². The largest absolute Gasteiger partial charge is 0.393 e. The van der Waals surface area contributed by atoms with Gasteiger partial charge in [0.05, 0.1) is 11.9 Å². The summed E-state index contributed by atoms with van der Waals surface area (Å²) in [6.07, 6.45) is 2.71. The van der Waals surface area contributed by atoms with Crippen LogP contribution in [0.4, 0.5) is 0 Å². The molecule has 1 amide bonds. The number of amides is 1. The average molecular weight is 344 g/mol. The van der Waals surface area contributed by atoms with E-state index in [9.17, 15) is 9.90 Å². The minimum absolute atomic E-state index is 0.0343. The summed E-state index contributed by atoms with van der Waals surface area (Å²) in [5.41, 5.74) is 0. The van der Waals surface area contributed by atoms with E-state index in [1.54, 1.807) is 0 Å². The van der Waals surface area contributed by atoms with E-state index in [-0.39, 0.29) is 17.9 Å². The molecule has 1 aromatic rings. The van der Waals surface area contributed by atoms with Gasteiger partial charge in [0.25, 0.3) is 0 Å². The molecule has 0 aliphatic heterocycles. The third-order valence-corrected chi connectivity index (χ3v) is 4.90. The Morgan fingerprint density at radius 3 is 2.74 bits per heavy atom. The number of hydrogen-bond acceptors (Lipinski definition) is 3. The van der Waals surface area contributed by atoms with Gasteiger partial charge in [-0.2, -0.15) is 0 Å². The molecule has 0 spiro atoms. The molecular formula is C14H18BrNO2S. The van der Waals surface area contributed by atoms with Crippen molar-refractivity contribution in [1.82, 2.24) is 5.32 Å². The normalized spacial score (nSPS) is 22.4. The van der Waals surface area contributed by atoms with E-state index >= 15 is 0 Å². The van der Waals surface area contributed by atoms with Crippen molar-refractivity contribution in [2.75, 3.05) is 12.3 Å². The van der Waals surface area contributed by atoms with Crippen molar-refractivity contribution in [3.63, 3.8) is 0 Å². The van der Waals surface area contributed by atoms with Gasteiger partial charge in [-0.3, -0.25) is 4.79 Å². The Kier molecular flexibility index (Phi) is 5.73. The van der Waals surface area contributed by atoms with Crippen molar-refractivity contribution in [3.05, 3.63) is 28.7 Å². The quantitative estimate of drug-likeness (QED) is 0.808. The van der Waals surface area contributed by atoms with Crippen molar-refractivity contribution in [1.29, 1.82) is 0 Å². The lowest BCUT2D eigenvalue weighted by Gasteiger charge is -2.14. The number of rotatable bonds is 5. The fourth-order valence-corrected chi connectivity index (χ4v) is 3.22. The summed E-state index contributed by atoms with van der Waals surface area (Å²) < 4.78 is 1.04. The minimum atomic E-state index is -0.237. The second-order valence-corrected chi connectivity index (χ2v) is 6.77. The van der Waals surface area contributed by atoms with Crippen LogP contribution in [0.15, 0.2) is 33.6 Å². The van der Waals surface area contributed by atoms with Gasteiger partial charge < -0.3 is 10.4 Å². The summed E-state index contributed by atoms with van der Waals surface area (Å²) in [5.74, 6) is 0.693. The van der Waals surface area contributed by atoms with E-state index in [0.717, 1.165) is 28.6 Å². The Morgan fingerprint density at radius 1 is 1.37 bits per heavy atom. The van der Waals surface area contributed by atoms with Gasteiger partial charge >= 0.3 is 0 Å². The highest BCUT2D eigenvalue weighted by atomic mass is 79.9. The minimum Gasteiger partial charge on any atom is -0.393 e. The topological polar surface area (TPSA) is 49.3 Å². The molecule has 0 aromatic heterocycles. The summed E-state index contributed by atoms with van der Waals surface area (Å²) in [6, 6.07) is 7.91. The molecule has 1 saturated carbocycles. The second-order valence-electron chi connectivity index (χ2n) is 4.81. The molecule has 0 heterocycles. The Morgan fingerprint density at radius 2 is 2.11 bits per heavy atom. The van der Waals surface area contributed by atoms with Gasteiger partial charge in [0, 0.05) is 21.8 Å². The summed E-state index contributed by atoms with van der Waals surface area (Å²) in [6.45, 7) is 0.598. The van der Waals surface area contributed by atoms with Gasteiger partial charge in [0.1, 0.15) is 0 Å². The monoisotopic (exact) mass is 343 g/mol. The summed E-state index contributed by atoms with van der Waals surface area (Å²) in [4.78, 5) is 12.8. The summed E-state index contributed by atoms with van der Waals surface area (Å²) >= 11 is 4.91. The number of carbonyl (C=O) groups excluding carboxylic acids is 1. The maximum atomic E-state index is 11.7. The van der Waals surface area contributed by atoms with Crippen LogP contribution in [0.5, 0.6) is 0 Å². The Balaban J connectivity index is 1.68. The molecule has 1 aromatic carbocycles. The molecule has 104 valence electrons. The summed E-state index contributed by atoms with van der Waals surface area (Å²) in [7, 11) is 0. The van der Waals surface area contributed by atoms with Crippen LogP contribution in [0.1, 0.15) is 19.3 Å². The van der Waals surface area contributed by atoms with Crippen molar-refractivity contribution in [2.45, 2.75) is 30.3 Å². The van der Waals surface area contributed by atoms with E-state index in [0.29, 0.717) is 12.3 Å². The zero-order valence-electron chi connectivity index (χ0n) is 10.6. The first kappa shape index (κ1) is 14.9. The Bertz CT molecular complexity index is 424. The number of carbonyl (C=O) groups is 1. The van der Waals surface area contributed by atoms with Crippen molar-refractivity contribution in [3.8, 4) is 0 Å². The number of halogens is 1. The van der Waals surface area contributed by atoms with Gasteiger partial charge in [0.15, 0.2) is 0 Å². The average Bonchev–Trinajstić information content (AvgIpc) is 2.81. The molecule has 0 radical (unpaired) electrons. The molecule has 3 nitrogen and oxygen atoms in total. The first-order valence-corrected chi connectivity index (χ1v) is 8.26. The van der Waals surface area contributed by atoms with Crippen molar-refractivity contribution >= 4 is 33.6 Å². The molecule has 2 N–H and O–H groups in total. The van der Waals surface area contributed by atoms with Gasteiger partial charge in [-0.15, -0.1) is 11.8 Å². The molecule has 1 aliphatic rings.